The predicted octanol–water partition coefficient (Wildman–Crippen LogP) is 5.49. The highest BCUT2D eigenvalue weighted by Crippen LogP contribution is 2.72. The van der Waals surface area contributed by atoms with E-state index in [1.807, 2.05) is 0 Å². The Labute approximate surface area is 225 Å². The van der Waals surface area contributed by atoms with Crippen LogP contribution in [0.4, 0.5) is 0 Å². The Hall–Kier alpha value is -1.11. The lowest BCUT2D eigenvalue weighted by atomic mass is 9.37. The Morgan fingerprint density at radius 1 is 0.919 bits per heavy atom. The van der Waals surface area contributed by atoms with Gasteiger partial charge >= 0.3 is 11.9 Å². The summed E-state index contributed by atoms with van der Waals surface area (Å²) < 4.78 is 0. The molecule has 5 aliphatic rings. The molecule has 6 nitrogen and oxygen atoms in total. The highest BCUT2D eigenvalue weighted by molar-refractivity contribution is 6.18. The van der Waals surface area contributed by atoms with Crippen LogP contribution in [0.15, 0.2) is 11.1 Å². The molecular weight excluding hydrogens is 492 g/mol. The number of allylic oxidation sites excluding steroid dienone is 2. The van der Waals surface area contributed by atoms with Crippen LogP contribution in [0.3, 0.4) is 0 Å². The molecule has 4 N–H and O–H groups in total. The smallest absolute Gasteiger partial charge is 0.312 e. The summed E-state index contributed by atoms with van der Waals surface area (Å²) in [7, 11) is 0. The summed E-state index contributed by atoms with van der Waals surface area (Å²) in [4.78, 5) is 25.4. The molecule has 3 fully saturated rings. The average molecular weight is 537 g/mol. The minimum absolute atomic E-state index is 0.0207. The quantitative estimate of drug-likeness (QED) is 0.280. The van der Waals surface area contributed by atoms with E-state index in [-0.39, 0.29) is 34.5 Å². The van der Waals surface area contributed by atoms with Crippen molar-refractivity contribution in [1.82, 2.24) is 0 Å². The van der Waals surface area contributed by atoms with Gasteiger partial charge in [-0.3, -0.25) is 9.59 Å². The van der Waals surface area contributed by atoms with Crippen molar-refractivity contribution in [3.8, 4) is 0 Å². The van der Waals surface area contributed by atoms with Crippen LogP contribution in [0.2, 0.25) is 0 Å². The summed E-state index contributed by atoms with van der Waals surface area (Å²) in [6.45, 7) is 10.6. The largest absolute Gasteiger partial charge is 0.481 e. The van der Waals surface area contributed by atoms with E-state index in [1.54, 1.807) is 6.92 Å². The number of rotatable bonds is 3. The number of halogens is 1. The van der Waals surface area contributed by atoms with Gasteiger partial charge in [0.15, 0.2) is 0 Å². The van der Waals surface area contributed by atoms with E-state index in [4.69, 9.17) is 11.6 Å². The van der Waals surface area contributed by atoms with Crippen molar-refractivity contribution < 1.29 is 30.0 Å². The zero-order valence-corrected chi connectivity index (χ0v) is 23.8. The van der Waals surface area contributed by atoms with E-state index in [9.17, 15) is 30.0 Å². The van der Waals surface area contributed by atoms with Crippen LogP contribution in [0, 0.1) is 50.7 Å². The standard InChI is InChI=1S/C30H45ClO6/c1-26(2)10-11-30(25(36)37)9-6-17-22(18(30)13-26)16(15-31)12-21-27(17,3)8-7-20-28(21,4)14-19(32)23(33)29(20,5)24(34)35/h16,18-21,23,32-33H,6-15H2,1-5H3,(H,34,35)(H,36,37)/t16?,18?,19?,20?,21?,23?,27-,28-,29-,30+/m0/s1. The van der Waals surface area contributed by atoms with Crippen LogP contribution in [-0.2, 0) is 9.59 Å². The molecule has 0 heterocycles. The van der Waals surface area contributed by atoms with Gasteiger partial charge in [-0.2, -0.15) is 0 Å². The molecule has 0 aromatic rings. The molecule has 208 valence electrons. The highest BCUT2D eigenvalue weighted by Gasteiger charge is 2.69. The van der Waals surface area contributed by atoms with Gasteiger partial charge in [-0.05, 0) is 105 Å². The van der Waals surface area contributed by atoms with Gasteiger partial charge in [0.2, 0.25) is 0 Å². The minimum atomic E-state index is -1.42. The van der Waals surface area contributed by atoms with Crippen molar-refractivity contribution in [3.05, 3.63) is 11.1 Å². The molecule has 0 saturated heterocycles. The van der Waals surface area contributed by atoms with E-state index in [0.717, 1.165) is 32.1 Å². The Morgan fingerprint density at radius 2 is 1.59 bits per heavy atom. The van der Waals surface area contributed by atoms with Crippen molar-refractivity contribution in [2.45, 2.75) is 105 Å². The van der Waals surface area contributed by atoms with Crippen LogP contribution in [0.5, 0.6) is 0 Å². The molecule has 10 atom stereocenters. The third-order valence-electron chi connectivity index (χ3n) is 12.6. The second kappa shape index (κ2) is 8.44. The van der Waals surface area contributed by atoms with Crippen molar-refractivity contribution >= 4 is 23.5 Å². The van der Waals surface area contributed by atoms with Crippen LogP contribution >= 0.6 is 11.6 Å². The number of fused-ring (bicyclic) bond motifs is 6. The molecule has 3 saturated carbocycles. The molecule has 0 bridgehead atoms. The van der Waals surface area contributed by atoms with Gasteiger partial charge in [0.05, 0.1) is 23.0 Å². The maximum Gasteiger partial charge on any atom is 0.312 e. The fraction of sp³-hybridized carbons (Fsp3) is 0.867. The third-order valence-corrected chi connectivity index (χ3v) is 13.0. The predicted molar refractivity (Wildman–Crippen MR) is 141 cm³/mol. The number of hydrogen-bond donors (Lipinski definition) is 4. The lowest BCUT2D eigenvalue weighted by molar-refractivity contribution is -0.225. The van der Waals surface area contributed by atoms with Gasteiger partial charge in [-0.1, -0.05) is 38.8 Å². The molecule has 6 unspecified atom stereocenters. The number of alkyl halides is 1. The summed E-state index contributed by atoms with van der Waals surface area (Å²) in [5.41, 5.74) is -0.0655. The van der Waals surface area contributed by atoms with Crippen molar-refractivity contribution in [1.29, 1.82) is 0 Å². The minimum Gasteiger partial charge on any atom is -0.481 e. The summed E-state index contributed by atoms with van der Waals surface area (Å²) in [6.07, 6.45) is 4.09. The molecule has 37 heavy (non-hydrogen) atoms. The maximum atomic E-state index is 12.8. The molecule has 0 aliphatic heterocycles. The molecule has 5 aliphatic carbocycles. The van der Waals surface area contributed by atoms with Crippen LogP contribution in [0.25, 0.3) is 0 Å². The van der Waals surface area contributed by atoms with Gasteiger partial charge in [-0.15, -0.1) is 11.6 Å². The summed E-state index contributed by atoms with van der Waals surface area (Å²) in [5, 5.41) is 42.7. The molecule has 0 aromatic carbocycles. The number of carboxylic acid groups (broad SMARTS) is 2. The first-order chi connectivity index (χ1) is 17.1. The van der Waals surface area contributed by atoms with Gasteiger partial charge in [0.25, 0.3) is 0 Å². The number of hydrogen-bond acceptors (Lipinski definition) is 4. The number of aliphatic hydroxyl groups excluding tert-OH is 2. The second-order valence-electron chi connectivity index (χ2n) is 14.8. The first-order valence-electron chi connectivity index (χ1n) is 14.2. The van der Waals surface area contributed by atoms with Crippen molar-refractivity contribution in [3.63, 3.8) is 0 Å². The van der Waals surface area contributed by atoms with Crippen LogP contribution in [-0.4, -0.2) is 50.5 Å². The number of carbonyl (C=O) groups is 2. The maximum absolute atomic E-state index is 12.8. The number of aliphatic hydroxyl groups is 2. The third kappa shape index (κ3) is 3.50. The summed E-state index contributed by atoms with van der Waals surface area (Å²) in [5.74, 6) is -1.43. The van der Waals surface area contributed by atoms with Crippen LogP contribution in [0.1, 0.15) is 92.4 Å². The molecular formula is C30H45ClO6. The van der Waals surface area contributed by atoms with E-state index >= 15 is 0 Å². The zero-order valence-electron chi connectivity index (χ0n) is 23.0. The van der Waals surface area contributed by atoms with Crippen molar-refractivity contribution in [2.24, 2.45) is 50.7 Å². The van der Waals surface area contributed by atoms with E-state index in [2.05, 4.69) is 27.7 Å². The first-order valence-corrected chi connectivity index (χ1v) is 14.7. The average Bonchev–Trinajstić information content (AvgIpc) is 2.81. The normalized spacial score (nSPS) is 50.8. The van der Waals surface area contributed by atoms with Crippen molar-refractivity contribution in [2.75, 3.05) is 5.88 Å². The number of carboxylic acids is 2. The lowest BCUT2D eigenvalue weighted by Gasteiger charge is -2.67. The number of aliphatic carboxylic acids is 2. The Balaban J connectivity index is 1.65. The Morgan fingerprint density at radius 3 is 2.19 bits per heavy atom. The Bertz CT molecular complexity index is 1040. The first kappa shape index (κ1) is 27.5. The van der Waals surface area contributed by atoms with Gasteiger partial charge in [-0.25, -0.2) is 0 Å². The zero-order chi connectivity index (χ0) is 27.3. The summed E-state index contributed by atoms with van der Waals surface area (Å²) in [6, 6.07) is 0. The Kier molecular flexibility index (Phi) is 6.27. The SMILES string of the molecule is CC1(C)CC[C@]2(C(=O)O)CCC3=C(C(CCl)CC4[C@@]5(C)CC(O)C(O)[C@@](C)(C(=O)O)C5CC[C@@]34C)C2C1. The molecule has 7 heteroatoms. The second-order valence-corrected chi connectivity index (χ2v) is 15.1. The van der Waals surface area contributed by atoms with Gasteiger partial charge < -0.3 is 20.4 Å². The molecule has 0 radical (unpaired) electrons. The molecule has 0 spiro atoms. The molecule has 5 rings (SSSR count). The van der Waals surface area contributed by atoms with Crippen LogP contribution < -0.4 is 0 Å². The topological polar surface area (TPSA) is 115 Å². The fourth-order valence-corrected chi connectivity index (χ4v) is 10.9. The molecule has 0 amide bonds. The monoisotopic (exact) mass is 536 g/mol. The molecule has 0 aromatic heterocycles. The van der Waals surface area contributed by atoms with Gasteiger partial charge in [0.1, 0.15) is 0 Å². The fourth-order valence-electron chi connectivity index (χ4n) is 10.6. The van der Waals surface area contributed by atoms with Gasteiger partial charge in [0, 0.05) is 5.88 Å². The van der Waals surface area contributed by atoms with E-state index < -0.39 is 40.4 Å². The summed E-state index contributed by atoms with van der Waals surface area (Å²) >= 11 is 6.72. The van der Waals surface area contributed by atoms with E-state index in [0.29, 0.717) is 31.6 Å². The van der Waals surface area contributed by atoms with E-state index in [1.165, 1.54) is 11.1 Å². The lowest BCUT2D eigenvalue weighted by Crippen LogP contribution is -2.67. The highest BCUT2D eigenvalue weighted by atomic mass is 35.5.